The van der Waals surface area contributed by atoms with Crippen LogP contribution in [0.5, 0.6) is 5.19 Å². The van der Waals surface area contributed by atoms with Crippen molar-refractivity contribution in [3.8, 4) is 5.19 Å². The van der Waals surface area contributed by atoms with E-state index in [0.29, 0.717) is 5.19 Å². The summed E-state index contributed by atoms with van der Waals surface area (Å²) in [6.07, 6.45) is 3.20. The Hall–Kier alpha value is -1.19. The lowest BCUT2D eigenvalue weighted by molar-refractivity contribution is 0.412. The van der Waals surface area contributed by atoms with Gasteiger partial charge in [0.2, 0.25) is 6.08 Å². The number of carbonyl (C=O) groups excluding carboxylic acids is 1. The first-order chi connectivity index (χ1) is 6.10. The van der Waals surface area contributed by atoms with Gasteiger partial charge in [-0.3, -0.25) is 0 Å². The van der Waals surface area contributed by atoms with E-state index >= 15 is 0 Å². The predicted octanol–water partition coefficient (Wildman–Crippen LogP) is 1.72. The SMILES string of the molecule is COc1ncc(C(C)(C)N=C=O)s1. The van der Waals surface area contributed by atoms with E-state index in [1.165, 1.54) is 11.3 Å². The van der Waals surface area contributed by atoms with Gasteiger partial charge in [0, 0.05) is 6.20 Å². The minimum absolute atomic E-state index is 0.559. The Balaban J connectivity index is 2.99. The molecule has 0 amide bonds. The average Bonchev–Trinajstić information content (AvgIpc) is 2.52. The smallest absolute Gasteiger partial charge is 0.273 e. The summed E-state index contributed by atoms with van der Waals surface area (Å²) in [4.78, 5) is 18.7. The molecule has 0 radical (unpaired) electrons. The third kappa shape index (κ3) is 2.14. The molecular weight excluding hydrogens is 188 g/mol. The van der Waals surface area contributed by atoms with E-state index in [2.05, 4.69) is 9.98 Å². The molecule has 4 nitrogen and oxygen atoms in total. The van der Waals surface area contributed by atoms with E-state index in [-0.39, 0.29) is 0 Å². The number of hydrogen-bond acceptors (Lipinski definition) is 5. The highest BCUT2D eigenvalue weighted by Crippen LogP contribution is 2.32. The van der Waals surface area contributed by atoms with E-state index < -0.39 is 5.54 Å². The number of isocyanates is 1. The summed E-state index contributed by atoms with van der Waals surface area (Å²) in [6.45, 7) is 3.65. The maximum atomic E-state index is 10.1. The number of methoxy groups -OCH3 is 1. The second-order valence-electron chi connectivity index (χ2n) is 2.96. The van der Waals surface area contributed by atoms with Gasteiger partial charge >= 0.3 is 0 Å². The standard InChI is InChI=1S/C8H10N2O2S/c1-8(2,10-5-11)6-4-9-7(12-3)13-6/h4H,1-3H3. The third-order valence-electron chi connectivity index (χ3n) is 1.59. The van der Waals surface area contributed by atoms with Gasteiger partial charge in [0.1, 0.15) is 5.54 Å². The molecular formula is C8H10N2O2S. The summed E-state index contributed by atoms with van der Waals surface area (Å²) in [5, 5.41) is 0.573. The van der Waals surface area contributed by atoms with Crippen LogP contribution in [0.25, 0.3) is 0 Å². The van der Waals surface area contributed by atoms with Crippen LogP contribution in [0.2, 0.25) is 0 Å². The molecule has 1 heterocycles. The highest BCUT2D eigenvalue weighted by atomic mass is 32.1. The third-order valence-corrected chi connectivity index (χ3v) is 2.86. The normalized spacial score (nSPS) is 10.7. The predicted molar refractivity (Wildman–Crippen MR) is 49.8 cm³/mol. The van der Waals surface area contributed by atoms with Crippen LogP contribution >= 0.6 is 11.3 Å². The van der Waals surface area contributed by atoms with E-state index in [1.54, 1.807) is 19.4 Å². The van der Waals surface area contributed by atoms with Crippen molar-refractivity contribution >= 4 is 17.4 Å². The summed E-state index contributed by atoms with van der Waals surface area (Å²) in [5.41, 5.74) is -0.559. The minimum Gasteiger partial charge on any atom is -0.473 e. The average molecular weight is 198 g/mol. The Morgan fingerprint density at radius 3 is 2.85 bits per heavy atom. The van der Waals surface area contributed by atoms with Crippen molar-refractivity contribution < 1.29 is 9.53 Å². The van der Waals surface area contributed by atoms with Gasteiger partial charge in [-0.25, -0.2) is 9.78 Å². The summed E-state index contributed by atoms with van der Waals surface area (Å²) < 4.78 is 4.94. The number of aliphatic imine (C=N–C) groups is 1. The minimum atomic E-state index is -0.559. The molecule has 0 N–H and O–H groups in total. The van der Waals surface area contributed by atoms with Crippen LogP contribution in [0.15, 0.2) is 11.2 Å². The number of hydrogen-bond donors (Lipinski definition) is 0. The van der Waals surface area contributed by atoms with Crippen LogP contribution in [0.3, 0.4) is 0 Å². The molecule has 0 spiro atoms. The van der Waals surface area contributed by atoms with E-state index in [1.807, 2.05) is 13.8 Å². The van der Waals surface area contributed by atoms with Gasteiger partial charge in [-0.1, -0.05) is 11.3 Å². The molecule has 13 heavy (non-hydrogen) atoms. The molecule has 1 rings (SSSR count). The van der Waals surface area contributed by atoms with Crippen molar-refractivity contribution in [3.63, 3.8) is 0 Å². The zero-order valence-electron chi connectivity index (χ0n) is 7.70. The number of thiazole rings is 1. The van der Waals surface area contributed by atoms with Crippen molar-refractivity contribution in [2.24, 2.45) is 4.99 Å². The topological polar surface area (TPSA) is 51.6 Å². The fraction of sp³-hybridized carbons (Fsp3) is 0.500. The summed E-state index contributed by atoms with van der Waals surface area (Å²) in [6, 6.07) is 0. The van der Waals surface area contributed by atoms with Crippen LogP contribution in [-0.4, -0.2) is 18.2 Å². The Morgan fingerprint density at radius 2 is 2.38 bits per heavy atom. The first-order valence-electron chi connectivity index (χ1n) is 3.69. The van der Waals surface area contributed by atoms with Gasteiger partial charge in [-0.2, -0.15) is 4.99 Å². The van der Waals surface area contributed by atoms with Crippen LogP contribution in [0.4, 0.5) is 0 Å². The highest BCUT2D eigenvalue weighted by Gasteiger charge is 2.22. The highest BCUT2D eigenvalue weighted by molar-refractivity contribution is 7.13. The first kappa shape index (κ1) is 9.89. The lowest BCUT2D eigenvalue weighted by atomic mass is 10.1. The van der Waals surface area contributed by atoms with Crippen molar-refractivity contribution in [1.29, 1.82) is 0 Å². The molecule has 0 atom stereocenters. The fourth-order valence-electron chi connectivity index (χ4n) is 0.805. The fourth-order valence-corrected chi connectivity index (χ4v) is 1.58. The molecule has 0 bridgehead atoms. The second kappa shape index (κ2) is 3.68. The molecule has 1 aromatic rings. The molecule has 0 aliphatic carbocycles. The van der Waals surface area contributed by atoms with E-state index in [9.17, 15) is 4.79 Å². The molecule has 0 aliphatic rings. The van der Waals surface area contributed by atoms with Gasteiger partial charge in [0.25, 0.3) is 5.19 Å². The Kier molecular flexibility index (Phi) is 2.80. The number of nitrogens with zero attached hydrogens (tertiary/aromatic N) is 2. The van der Waals surface area contributed by atoms with Crippen molar-refractivity contribution in [3.05, 3.63) is 11.1 Å². The molecule has 0 saturated heterocycles. The zero-order chi connectivity index (χ0) is 9.90. The number of aromatic nitrogens is 1. The maximum Gasteiger partial charge on any atom is 0.273 e. The second-order valence-corrected chi connectivity index (χ2v) is 3.95. The van der Waals surface area contributed by atoms with Crippen molar-refractivity contribution in [1.82, 2.24) is 4.98 Å². The van der Waals surface area contributed by atoms with Crippen LogP contribution in [0.1, 0.15) is 18.7 Å². The number of ether oxygens (including phenoxy) is 1. The molecule has 0 saturated carbocycles. The van der Waals surface area contributed by atoms with Crippen molar-refractivity contribution in [2.45, 2.75) is 19.4 Å². The molecule has 70 valence electrons. The lowest BCUT2D eigenvalue weighted by Crippen LogP contribution is -2.10. The Morgan fingerprint density at radius 1 is 1.69 bits per heavy atom. The van der Waals surface area contributed by atoms with Gasteiger partial charge < -0.3 is 4.74 Å². The van der Waals surface area contributed by atoms with E-state index in [0.717, 1.165) is 4.88 Å². The lowest BCUT2D eigenvalue weighted by Gasteiger charge is -2.13. The van der Waals surface area contributed by atoms with Gasteiger partial charge in [0.05, 0.1) is 12.0 Å². The van der Waals surface area contributed by atoms with Gasteiger partial charge in [-0.05, 0) is 13.8 Å². The van der Waals surface area contributed by atoms with E-state index in [4.69, 9.17) is 4.74 Å². The van der Waals surface area contributed by atoms with Crippen LogP contribution in [-0.2, 0) is 10.3 Å². The van der Waals surface area contributed by atoms with Crippen molar-refractivity contribution in [2.75, 3.05) is 7.11 Å². The quantitative estimate of drug-likeness (QED) is 0.549. The molecule has 1 aromatic heterocycles. The maximum absolute atomic E-state index is 10.1. The zero-order valence-corrected chi connectivity index (χ0v) is 8.51. The Labute approximate surface area is 80.3 Å². The van der Waals surface area contributed by atoms with Crippen LogP contribution in [0, 0.1) is 0 Å². The largest absolute Gasteiger partial charge is 0.473 e. The number of rotatable bonds is 3. The van der Waals surface area contributed by atoms with Crippen LogP contribution < -0.4 is 4.74 Å². The summed E-state index contributed by atoms with van der Waals surface area (Å²) in [5.74, 6) is 0. The summed E-state index contributed by atoms with van der Waals surface area (Å²) >= 11 is 1.37. The van der Waals surface area contributed by atoms with Gasteiger partial charge in [-0.15, -0.1) is 0 Å². The molecule has 0 fully saturated rings. The summed E-state index contributed by atoms with van der Waals surface area (Å²) in [7, 11) is 1.55. The monoisotopic (exact) mass is 198 g/mol. The molecule has 0 aliphatic heterocycles. The van der Waals surface area contributed by atoms with Gasteiger partial charge in [0.15, 0.2) is 0 Å². The molecule has 0 unspecified atom stereocenters. The molecule has 5 heteroatoms. The first-order valence-corrected chi connectivity index (χ1v) is 4.51. The Bertz CT molecular complexity index is 340. The molecule has 0 aromatic carbocycles.